The van der Waals surface area contributed by atoms with E-state index in [9.17, 15) is 9.59 Å². The number of benzene rings is 1. The average Bonchev–Trinajstić information content (AvgIpc) is 3.00. The summed E-state index contributed by atoms with van der Waals surface area (Å²) in [6, 6.07) is 8.43. The number of rotatable bonds is 5. The molecule has 6 heteroatoms. The van der Waals surface area contributed by atoms with Gasteiger partial charge in [0.2, 0.25) is 5.91 Å². The second-order valence-corrected chi connectivity index (χ2v) is 3.97. The van der Waals surface area contributed by atoms with Crippen LogP contribution in [0.4, 0.5) is 5.69 Å². The SMILES string of the molecule is COc1ccc(NC(=O)CNC(=O)c2ccoc2)cc1. The molecule has 2 rings (SSSR count). The molecule has 0 radical (unpaired) electrons. The lowest BCUT2D eigenvalue weighted by atomic mass is 10.3. The van der Waals surface area contributed by atoms with Crippen molar-refractivity contribution in [1.82, 2.24) is 5.32 Å². The van der Waals surface area contributed by atoms with E-state index in [1.54, 1.807) is 31.4 Å². The van der Waals surface area contributed by atoms with Gasteiger partial charge in [0, 0.05) is 5.69 Å². The smallest absolute Gasteiger partial charge is 0.254 e. The Hall–Kier alpha value is -2.76. The van der Waals surface area contributed by atoms with Gasteiger partial charge in [0.1, 0.15) is 12.0 Å². The first kappa shape index (κ1) is 13.7. The number of ether oxygens (including phenoxy) is 1. The summed E-state index contributed by atoms with van der Waals surface area (Å²) in [4.78, 5) is 23.2. The Labute approximate surface area is 115 Å². The van der Waals surface area contributed by atoms with E-state index in [1.165, 1.54) is 18.6 Å². The number of carbonyl (C=O) groups is 2. The van der Waals surface area contributed by atoms with Gasteiger partial charge in [0.05, 0.1) is 25.5 Å². The summed E-state index contributed by atoms with van der Waals surface area (Å²) in [5.74, 6) is 0.0342. The Bertz CT molecular complexity index is 576. The van der Waals surface area contributed by atoms with Gasteiger partial charge in [-0.25, -0.2) is 0 Å². The van der Waals surface area contributed by atoms with Gasteiger partial charge >= 0.3 is 0 Å². The van der Waals surface area contributed by atoms with Gasteiger partial charge < -0.3 is 19.8 Å². The zero-order valence-electron chi connectivity index (χ0n) is 10.9. The van der Waals surface area contributed by atoms with Gasteiger partial charge in [-0.15, -0.1) is 0 Å². The quantitative estimate of drug-likeness (QED) is 0.868. The van der Waals surface area contributed by atoms with Gasteiger partial charge in [-0.3, -0.25) is 9.59 Å². The maximum absolute atomic E-state index is 11.7. The molecule has 104 valence electrons. The summed E-state index contributed by atoms with van der Waals surface area (Å²) in [5.41, 5.74) is 1.01. The van der Waals surface area contributed by atoms with Crippen LogP contribution < -0.4 is 15.4 Å². The fourth-order valence-corrected chi connectivity index (χ4v) is 1.54. The third-order valence-electron chi connectivity index (χ3n) is 2.57. The van der Waals surface area contributed by atoms with Crippen LogP contribution in [0.5, 0.6) is 5.75 Å². The lowest BCUT2D eigenvalue weighted by Gasteiger charge is -2.07. The van der Waals surface area contributed by atoms with Crippen molar-refractivity contribution in [3.8, 4) is 5.75 Å². The molecule has 2 N–H and O–H groups in total. The Morgan fingerprint density at radius 3 is 2.55 bits per heavy atom. The van der Waals surface area contributed by atoms with E-state index < -0.39 is 0 Å². The van der Waals surface area contributed by atoms with Crippen molar-refractivity contribution < 1.29 is 18.7 Å². The first-order valence-corrected chi connectivity index (χ1v) is 5.93. The van der Waals surface area contributed by atoms with Gasteiger partial charge in [-0.05, 0) is 30.3 Å². The lowest BCUT2D eigenvalue weighted by molar-refractivity contribution is -0.115. The Balaban J connectivity index is 1.81. The van der Waals surface area contributed by atoms with Crippen molar-refractivity contribution in [3.05, 3.63) is 48.4 Å². The molecule has 0 aliphatic carbocycles. The van der Waals surface area contributed by atoms with Crippen molar-refractivity contribution in [1.29, 1.82) is 0 Å². The minimum Gasteiger partial charge on any atom is -0.497 e. The zero-order valence-corrected chi connectivity index (χ0v) is 10.9. The molecule has 0 atom stereocenters. The van der Waals surface area contributed by atoms with Gasteiger partial charge in [-0.2, -0.15) is 0 Å². The summed E-state index contributed by atoms with van der Waals surface area (Å²) in [5, 5.41) is 5.15. The predicted molar refractivity (Wildman–Crippen MR) is 72.7 cm³/mol. The molecule has 1 aromatic carbocycles. The standard InChI is InChI=1S/C14H14N2O4/c1-19-12-4-2-11(3-5-12)16-13(17)8-15-14(18)10-6-7-20-9-10/h2-7,9H,8H2,1H3,(H,15,18)(H,16,17). The highest BCUT2D eigenvalue weighted by Crippen LogP contribution is 2.14. The molecular formula is C14H14N2O4. The number of methoxy groups -OCH3 is 1. The molecule has 0 bridgehead atoms. The molecule has 1 heterocycles. The van der Waals surface area contributed by atoms with Crippen molar-refractivity contribution in [2.45, 2.75) is 0 Å². The molecule has 0 spiro atoms. The molecule has 2 aromatic rings. The van der Waals surface area contributed by atoms with E-state index in [2.05, 4.69) is 10.6 Å². The highest BCUT2D eigenvalue weighted by Gasteiger charge is 2.09. The second-order valence-electron chi connectivity index (χ2n) is 3.97. The summed E-state index contributed by atoms with van der Waals surface area (Å²) < 4.78 is 9.80. The van der Waals surface area contributed by atoms with Gasteiger partial charge in [-0.1, -0.05) is 0 Å². The fourth-order valence-electron chi connectivity index (χ4n) is 1.54. The Morgan fingerprint density at radius 1 is 1.20 bits per heavy atom. The van der Waals surface area contributed by atoms with E-state index in [0.717, 1.165) is 0 Å². The first-order valence-electron chi connectivity index (χ1n) is 5.93. The topological polar surface area (TPSA) is 80.6 Å². The number of nitrogens with one attached hydrogen (secondary N) is 2. The molecule has 0 unspecified atom stereocenters. The molecule has 1 aromatic heterocycles. The fraction of sp³-hybridized carbons (Fsp3) is 0.143. The number of furan rings is 1. The summed E-state index contributed by atoms with van der Waals surface area (Å²) in [6.45, 7) is -0.115. The number of carbonyl (C=O) groups excluding carboxylic acids is 2. The molecule has 0 saturated carbocycles. The van der Waals surface area contributed by atoms with E-state index in [0.29, 0.717) is 17.0 Å². The maximum atomic E-state index is 11.7. The third-order valence-corrected chi connectivity index (χ3v) is 2.57. The largest absolute Gasteiger partial charge is 0.497 e. The minimum absolute atomic E-state index is 0.115. The molecule has 6 nitrogen and oxygen atoms in total. The lowest BCUT2D eigenvalue weighted by Crippen LogP contribution is -2.32. The predicted octanol–water partition coefficient (Wildman–Crippen LogP) is 1.66. The van der Waals surface area contributed by atoms with E-state index in [1.807, 2.05) is 0 Å². The van der Waals surface area contributed by atoms with Crippen LogP contribution in [0.2, 0.25) is 0 Å². The van der Waals surface area contributed by atoms with Crippen molar-refractivity contribution in [3.63, 3.8) is 0 Å². The van der Waals surface area contributed by atoms with Crippen molar-refractivity contribution in [2.75, 3.05) is 19.0 Å². The zero-order chi connectivity index (χ0) is 14.4. The van der Waals surface area contributed by atoms with Crippen LogP contribution in [-0.2, 0) is 4.79 Å². The van der Waals surface area contributed by atoms with Crippen LogP contribution in [0.3, 0.4) is 0 Å². The number of amides is 2. The number of anilines is 1. The number of hydrogen-bond donors (Lipinski definition) is 2. The average molecular weight is 274 g/mol. The highest BCUT2D eigenvalue weighted by atomic mass is 16.5. The maximum Gasteiger partial charge on any atom is 0.254 e. The highest BCUT2D eigenvalue weighted by molar-refractivity contribution is 5.99. The number of hydrogen-bond acceptors (Lipinski definition) is 4. The molecule has 0 fully saturated rings. The normalized spacial score (nSPS) is 9.85. The second kappa shape index (κ2) is 6.42. The summed E-state index contributed by atoms with van der Waals surface area (Å²) in [7, 11) is 1.57. The molecule has 0 aliphatic heterocycles. The van der Waals surface area contributed by atoms with Crippen LogP contribution in [0.1, 0.15) is 10.4 Å². The monoisotopic (exact) mass is 274 g/mol. The molecule has 2 amide bonds. The van der Waals surface area contributed by atoms with Gasteiger partial charge in [0.15, 0.2) is 0 Å². The first-order chi connectivity index (χ1) is 9.69. The molecule has 20 heavy (non-hydrogen) atoms. The van der Waals surface area contributed by atoms with Crippen LogP contribution in [-0.4, -0.2) is 25.5 Å². The molecule has 0 aliphatic rings. The Morgan fingerprint density at radius 2 is 1.95 bits per heavy atom. The van der Waals surface area contributed by atoms with E-state index in [4.69, 9.17) is 9.15 Å². The minimum atomic E-state index is -0.358. The van der Waals surface area contributed by atoms with E-state index in [-0.39, 0.29) is 18.4 Å². The Kier molecular flexibility index (Phi) is 4.39. The van der Waals surface area contributed by atoms with Crippen LogP contribution in [0.25, 0.3) is 0 Å². The van der Waals surface area contributed by atoms with Crippen LogP contribution in [0, 0.1) is 0 Å². The van der Waals surface area contributed by atoms with E-state index >= 15 is 0 Å². The van der Waals surface area contributed by atoms with Crippen molar-refractivity contribution in [2.24, 2.45) is 0 Å². The summed E-state index contributed by atoms with van der Waals surface area (Å²) in [6.07, 6.45) is 2.71. The van der Waals surface area contributed by atoms with Crippen LogP contribution >= 0.6 is 0 Å². The molecular weight excluding hydrogens is 260 g/mol. The summed E-state index contributed by atoms with van der Waals surface area (Å²) >= 11 is 0. The molecule has 0 saturated heterocycles. The van der Waals surface area contributed by atoms with Gasteiger partial charge in [0.25, 0.3) is 5.91 Å². The third kappa shape index (κ3) is 3.61. The van der Waals surface area contributed by atoms with Crippen molar-refractivity contribution >= 4 is 17.5 Å². The van der Waals surface area contributed by atoms with Crippen LogP contribution in [0.15, 0.2) is 47.3 Å².